The largest absolute Gasteiger partial charge is 0.478 e. The fraction of sp³-hybridized carbons (Fsp3) is 0.562. The van der Waals surface area contributed by atoms with Crippen molar-refractivity contribution in [1.82, 2.24) is 14.9 Å². The van der Waals surface area contributed by atoms with E-state index in [0.717, 1.165) is 84.0 Å². The number of aliphatic carboxylic acids is 1. The van der Waals surface area contributed by atoms with E-state index in [-0.39, 0.29) is 5.97 Å². The summed E-state index contributed by atoms with van der Waals surface area (Å²) in [4.78, 5) is 48.3. The Morgan fingerprint density at radius 2 is 1.65 bits per heavy atom. The Hall–Kier alpha value is -3.86. The van der Waals surface area contributed by atoms with E-state index in [1.165, 1.54) is 6.92 Å². The van der Waals surface area contributed by atoms with Crippen LogP contribution < -0.4 is 14.4 Å². The smallest absolute Gasteiger partial charge is 0.349 e. The Bertz CT molecular complexity index is 1500. The lowest BCUT2D eigenvalue weighted by atomic mass is 9.82. The van der Waals surface area contributed by atoms with Gasteiger partial charge in [-0.15, -0.1) is 0 Å². The van der Waals surface area contributed by atoms with Gasteiger partial charge in [0.2, 0.25) is 5.60 Å². The van der Waals surface area contributed by atoms with Crippen molar-refractivity contribution in [1.29, 1.82) is 0 Å². The second kappa shape index (κ2) is 11.3. The van der Waals surface area contributed by atoms with Crippen LogP contribution in [0.2, 0.25) is 0 Å². The Kier molecular flexibility index (Phi) is 7.70. The Balaban J connectivity index is 1.28. The quantitative estimate of drug-likeness (QED) is 0.398. The van der Waals surface area contributed by atoms with Crippen molar-refractivity contribution in [3.05, 3.63) is 39.8 Å². The number of carboxylic acid groups (broad SMARTS) is 1. The molecule has 5 heterocycles. The number of rotatable bonds is 6. The van der Waals surface area contributed by atoms with E-state index in [2.05, 4.69) is 19.8 Å². The van der Waals surface area contributed by atoms with Crippen LogP contribution >= 0.6 is 0 Å². The zero-order valence-electron chi connectivity index (χ0n) is 25.7. The number of carboxylic acids is 1. The van der Waals surface area contributed by atoms with Crippen molar-refractivity contribution in [2.24, 2.45) is 9.98 Å². The first-order valence-corrected chi connectivity index (χ1v) is 15.3. The van der Waals surface area contributed by atoms with Crippen molar-refractivity contribution < 1.29 is 24.2 Å². The van der Waals surface area contributed by atoms with E-state index < -0.39 is 17.6 Å². The maximum absolute atomic E-state index is 12.8. The molecule has 1 saturated heterocycles. The number of aromatic nitrogens is 2. The number of benzene rings is 1. The number of fused-ring (bicyclic) bond motifs is 1. The van der Waals surface area contributed by atoms with Gasteiger partial charge in [-0.25, -0.2) is 14.8 Å². The van der Waals surface area contributed by atoms with Crippen molar-refractivity contribution in [2.45, 2.75) is 78.4 Å². The minimum absolute atomic E-state index is 0.388. The average Bonchev–Trinajstić information content (AvgIpc) is 3.73. The summed E-state index contributed by atoms with van der Waals surface area (Å²) in [6.07, 6.45) is 4.34. The molecule has 228 valence electrons. The number of piperazine rings is 1. The molecule has 2 atom stereocenters. The fourth-order valence-electron chi connectivity index (χ4n) is 6.77. The third-order valence-corrected chi connectivity index (χ3v) is 9.42. The molecule has 2 unspecified atom stereocenters. The van der Waals surface area contributed by atoms with E-state index in [9.17, 15) is 14.7 Å². The molecule has 6 rings (SSSR count). The van der Waals surface area contributed by atoms with Crippen molar-refractivity contribution in [2.75, 3.05) is 44.2 Å². The summed E-state index contributed by atoms with van der Waals surface area (Å²) in [6.45, 7) is 13.0. The molecule has 2 aromatic rings. The first-order chi connectivity index (χ1) is 20.6. The van der Waals surface area contributed by atoms with Gasteiger partial charge in [0.15, 0.2) is 5.82 Å². The van der Waals surface area contributed by atoms with Crippen LogP contribution in [0.1, 0.15) is 73.3 Å². The van der Waals surface area contributed by atoms with Crippen LogP contribution in [0.3, 0.4) is 0 Å². The van der Waals surface area contributed by atoms with E-state index in [1.54, 1.807) is 6.92 Å². The maximum atomic E-state index is 12.8. The van der Waals surface area contributed by atoms with Gasteiger partial charge in [-0.2, -0.15) is 0 Å². The molecule has 1 fully saturated rings. The summed E-state index contributed by atoms with van der Waals surface area (Å²) in [5.74, 6) is 1.29. The van der Waals surface area contributed by atoms with E-state index in [4.69, 9.17) is 19.4 Å². The number of aliphatic imine (C=N–C) groups is 2. The molecule has 11 heteroatoms. The van der Waals surface area contributed by atoms with Crippen LogP contribution in [-0.4, -0.2) is 94.2 Å². The Labute approximate surface area is 252 Å². The van der Waals surface area contributed by atoms with Gasteiger partial charge in [-0.1, -0.05) is 0 Å². The third-order valence-electron chi connectivity index (χ3n) is 9.42. The lowest BCUT2D eigenvalue weighted by Gasteiger charge is -2.48. The van der Waals surface area contributed by atoms with E-state index in [0.29, 0.717) is 49.9 Å². The third kappa shape index (κ3) is 5.28. The Morgan fingerprint density at radius 1 is 0.977 bits per heavy atom. The maximum Gasteiger partial charge on any atom is 0.349 e. The van der Waals surface area contributed by atoms with Crippen LogP contribution in [0.15, 0.2) is 16.1 Å². The molecule has 1 aromatic heterocycles. The number of carbonyl (C=O) groups excluding carboxylic acids is 1. The van der Waals surface area contributed by atoms with Crippen LogP contribution in [0, 0.1) is 20.8 Å². The number of hydrogen-bond acceptors (Lipinski definition) is 10. The van der Waals surface area contributed by atoms with Gasteiger partial charge in [0, 0.05) is 57.8 Å². The van der Waals surface area contributed by atoms with Gasteiger partial charge in [0.1, 0.15) is 17.3 Å². The summed E-state index contributed by atoms with van der Waals surface area (Å²) >= 11 is 0. The molecular weight excluding hydrogens is 548 g/mol. The van der Waals surface area contributed by atoms with Gasteiger partial charge in [-0.3, -0.25) is 19.7 Å². The first-order valence-electron chi connectivity index (χ1n) is 15.3. The van der Waals surface area contributed by atoms with Crippen LogP contribution in [0.5, 0.6) is 11.5 Å². The summed E-state index contributed by atoms with van der Waals surface area (Å²) < 4.78 is 12.0. The van der Waals surface area contributed by atoms with Gasteiger partial charge < -0.3 is 19.5 Å². The van der Waals surface area contributed by atoms with Crippen molar-refractivity contribution in [3.8, 4) is 11.5 Å². The fourth-order valence-corrected chi connectivity index (χ4v) is 6.77. The molecule has 43 heavy (non-hydrogen) atoms. The second-order valence-corrected chi connectivity index (χ2v) is 12.2. The molecule has 0 bridgehead atoms. The lowest BCUT2D eigenvalue weighted by Crippen LogP contribution is -2.65. The summed E-state index contributed by atoms with van der Waals surface area (Å²) in [7, 11) is 0. The zero-order chi connectivity index (χ0) is 30.5. The van der Waals surface area contributed by atoms with Crippen molar-refractivity contribution >= 4 is 29.2 Å². The molecule has 1 N–H and O–H groups in total. The summed E-state index contributed by atoms with van der Waals surface area (Å²) in [6, 6.07) is 1.63. The number of anilines is 1. The topological polar surface area (TPSA) is 130 Å². The van der Waals surface area contributed by atoms with E-state index >= 15 is 0 Å². The molecule has 0 radical (unpaired) electrons. The lowest BCUT2D eigenvalue weighted by molar-refractivity contribution is -0.162. The molecule has 4 aliphatic heterocycles. The van der Waals surface area contributed by atoms with Crippen LogP contribution in [0.25, 0.3) is 0 Å². The molecule has 0 amide bonds. The molecule has 11 nitrogen and oxygen atoms in total. The van der Waals surface area contributed by atoms with Gasteiger partial charge in [0.05, 0.1) is 23.2 Å². The highest BCUT2D eigenvalue weighted by atomic mass is 16.5. The molecule has 1 aromatic carbocycles. The minimum Gasteiger partial charge on any atom is -0.478 e. The minimum atomic E-state index is -1.45. The highest BCUT2D eigenvalue weighted by Gasteiger charge is 2.51. The predicted octanol–water partition coefficient (Wildman–Crippen LogP) is 3.46. The number of ether oxygens (including phenoxy) is 2. The number of carbonyl (C=O) groups is 2. The summed E-state index contributed by atoms with van der Waals surface area (Å²) in [5.41, 5.74) is 4.72. The van der Waals surface area contributed by atoms with E-state index in [1.807, 2.05) is 26.8 Å². The second-order valence-electron chi connectivity index (χ2n) is 12.2. The van der Waals surface area contributed by atoms with Gasteiger partial charge in [-0.05, 0) is 76.5 Å². The van der Waals surface area contributed by atoms with Crippen molar-refractivity contribution in [3.63, 3.8) is 0 Å². The standard InChI is InChI=1S/C32H40N6O5/c1-18-19(2)29-22(20(3)28(18)42-21(4)39)16-26(32(5,43-29)31(40)41)37-12-14-38(15-13-37)27-17-25(23-8-6-10-33-23)35-30(36-27)24-9-7-11-34-24/h17,26H,6-16H2,1-5H3,(H,40,41). The average molecular weight is 589 g/mol. The molecule has 0 spiro atoms. The predicted molar refractivity (Wildman–Crippen MR) is 163 cm³/mol. The highest BCUT2D eigenvalue weighted by molar-refractivity contribution is 6.03. The van der Waals surface area contributed by atoms with Gasteiger partial charge >= 0.3 is 11.9 Å². The summed E-state index contributed by atoms with van der Waals surface area (Å²) in [5, 5.41) is 10.5. The van der Waals surface area contributed by atoms with Gasteiger partial charge in [0.25, 0.3) is 0 Å². The molecule has 4 aliphatic rings. The number of hydrogen-bond donors (Lipinski definition) is 1. The number of esters is 1. The highest BCUT2D eigenvalue weighted by Crippen LogP contribution is 2.45. The monoisotopic (exact) mass is 588 g/mol. The zero-order valence-corrected chi connectivity index (χ0v) is 25.7. The first kappa shape index (κ1) is 29.2. The van der Waals surface area contributed by atoms with Crippen LogP contribution in [0.4, 0.5) is 5.82 Å². The molecular formula is C32H40N6O5. The number of nitrogens with zero attached hydrogens (tertiary/aromatic N) is 6. The SMILES string of the molecule is CC(=O)Oc1c(C)c(C)c2c(c1C)CC(N1CCN(c3cc(C4=NCCC4)nc(C4=NCCC4)n3)CC1)C(C)(C(=O)O)O2. The Morgan fingerprint density at radius 3 is 2.26 bits per heavy atom. The molecule has 0 saturated carbocycles. The normalized spacial score (nSPS) is 23.8. The molecule has 0 aliphatic carbocycles. The van der Waals surface area contributed by atoms with Crippen LogP contribution in [-0.2, 0) is 16.0 Å².